The summed E-state index contributed by atoms with van der Waals surface area (Å²) >= 11 is 0. The van der Waals surface area contributed by atoms with Crippen LogP contribution in [0.5, 0.6) is 0 Å². The van der Waals surface area contributed by atoms with E-state index in [0.717, 1.165) is 27.9 Å². The number of carbonyl (C=O) groups excluding carboxylic acids is 2. The predicted octanol–water partition coefficient (Wildman–Crippen LogP) is 6.70. The molecule has 0 spiro atoms. The average molecular weight is 436 g/mol. The summed E-state index contributed by atoms with van der Waals surface area (Å²) in [4.78, 5) is 26.0. The number of carbonyl (C=O) groups is 2. The number of nitrogens with zero attached hydrogens (tertiary/aromatic N) is 1. The van der Waals surface area contributed by atoms with Crippen molar-refractivity contribution in [2.75, 3.05) is 19.0 Å². The third kappa shape index (κ3) is 7.44. The summed E-state index contributed by atoms with van der Waals surface area (Å²) < 4.78 is 0. The zero-order chi connectivity index (χ0) is 24.1. The molecule has 166 valence electrons. The van der Waals surface area contributed by atoms with Gasteiger partial charge in [-0.3, -0.25) is 9.59 Å². The maximum absolute atomic E-state index is 12.1. The number of hydrogen-bond acceptors (Lipinski definition) is 3. The van der Waals surface area contributed by atoms with Crippen molar-refractivity contribution in [2.45, 2.75) is 0 Å². The van der Waals surface area contributed by atoms with Gasteiger partial charge in [-0.05, 0) is 24.3 Å². The Morgan fingerprint density at radius 2 is 0.758 bits per heavy atom. The zero-order valence-electron chi connectivity index (χ0n) is 19.1. The maximum atomic E-state index is 12.1. The van der Waals surface area contributed by atoms with Gasteiger partial charge in [0.25, 0.3) is 0 Å². The van der Waals surface area contributed by atoms with Gasteiger partial charge in [0.15, 0.2) is 11.6 Å². The Morgan fingerprint density at radius 3 is 1.03 bits per heavy atom. The van der Waals surface area contributed by atoms with Crippen LogP contribution in [-0.2, 0) is 0 Å². The van der Waals surface area contributed by atoms with Crippen LogP contribution in [0.15, 0.2) is 128 Å². The molecule has 0 aliphatic rings. The fourth-order valence-corrected chi connectivity index (χ4v) is 3.01. The molecule has 0 saturated carbocycles. The highest BCUT2D eigenvalue weighted by Gasteiger charge is 2.08. The van der Waals surface area contributed by atoms with Gasteiger partial charge in [0.2, 0.25) is 0 Å². The van der Waals surface area contributed by atoms with Crippen LogP contribution in [0, 0.1) is 0 Å². The first-order valence-electron chi connectivity index (χ1n) is 10.6. The lowest BCUT2D eigenvalue weighted by Crippen LogP contribution is -2.09. The van der Waals surface area contributed by atoms with E-state index in [2.05, 4.69) is 13.2 Å². The van der Waals surface area contributed by atoms with Crippen molar-refractivity contribution in [2.24, 2.45) is 0 Å². The van der Waals surface area contributed by atoms with Gasteiger partial charge in [-0.25, -0.2) is 0 Å². The molecule has 4 aromatic carbocycles. The van der Waals surface area contributed by atoms with Gasteiger partial charge in [-0.15, -0.1) is 13.2 Å². The molecule has 0 N–H and O–H groups in total. The van der Waals surface area contributed by atoms with Crippen LogP contribution >= 0.6 is 0 Å². The Kier molecular flexibility index (Phi) is 10.0. The average Bonchev–Trinajstić information content (AvgIpc) is 2.91. The summed E-state index contributed by atoms with van der Waals surface area (Å²) in [7, 11) is 3.96. The summed E-state index contributed by atoms with van der Waals surface area (Å²) in [6.45, 7) is 6.00. The highest BCUT2D eigenvalue weighted by Crippen LogP contribution is 2.15. The van der Waals surface area contributed by atoms with Gasteiger partial charge < -0.3 is 4.90 Å². The van der Waals surface area contributed by atoms with Crippen molar-refractivity contribution in [3.05, 3.63) is 151 Å². The Morgan fingerprint density at radius 1 is 0.485 bits per heavy atom. The van der Waals surface area contributed by atoms with Crippen molar-refractivity contribution in [3.63, 3.8) is 0 Å². The van der Waals surface area contributed by atoms with E-state index < -0.39 is 0 Å². The van der Waals surface area contributed by atoms with Gasteiger partial charge in [0, 0.05) is 42.0 Å². The van der Waals surface area contributed by atoms with Crippen molar-refractivity contribution in [3.8, 4) is 0 Å². The molecule has 3 nitrogen and oxygen atoms in total. The molecule has 0 unspecified atom stereocenters. The quantitative estimate of drug-likeness (QED) is 0.258. The second-order valence-electron chi connectivity index (χ2n) is 7.20. The van der Waals surface area contributed by atoms with Gasteiger partial charge in [0.1, 0.15) is 0 Å². The topological polar surface area (TPSA) is 37.4 Å². The molecule has 3 heteroatoms. The van der Waals surface area contributed by atoms with E-state index in [1.807, 2.05) is 134 Å². The minimum atomic E-state index is 0.0657. The predicted molar refractivity (Wildman–Crippen MR) is 138 cm³/mol. The maximum Gasteiger partial charge on any atom is 0.193 e. The molecule has 0 bridgehead atoms. The third-order valence-electron chi connectivity index (χ3n) is 4.75. The smallest absolute Gasteiger partial charge is 0.193 e. The fourth-order valence-electron chi connectivity index (χ4n) is 3.01. The molecule has 0 aliphatic heterocycles. The van der Waals surface area contributed by atoms with Crippen molar-refractivity contribution in [1.29, 1.82) is 0 Å². The SMILES string of the molecule is C=C.CN(C)c1ccc(C(=O)c2ccccc2)cc1.O=C(c1ccccc1)c1ccccc1. The summed E-state index contributed by atoms with van der Waals surface area (Å²) in [5.41, 5.74) is 4.01. The van der Waals surface area contributed by atoms with Crippen LogP contribution < -0.4 is 4.90 Å². The van der Waals surface area contributed by atoms with Crippen molar-refractivity contribution in [1.82, 2.24) is 0 Å². The first kappa shape index (κ1) is 25.0. The van der Waals surface area contributed by atoms with Crippen LogP contribution in [0.25, 0.3) is 0 Å². The lowest BCUT2D eigenvalue weighted by molar-refractivity contribution is 0.103. The van der Waals surface area contributed by atoms with Gasteiger partial charge >= 0.3 is 0 Å². The van der Waals surface area contributed by atoms with Crippen LogP contribution in [-0.4, -0.2) is 25.7 Å². The van der Waals surface area contributed by atoms with E-state index in [-0.39, 0.29) is 11.6 Å². The number of anilines is 1. The van der Waals surface area contributed by atoms with E-state index in [0.29, 0.717) is 0 Å². The fraction of sp³-hybridized carbons (Fsp3) is 0.0667. The molecule has 0 amide bonds. The van der Waals surface area contributed by atoms with Crippen molar-refractivity contribution < 1.29 is 9.59 Å². The Labute approximate surface area is 196 Å². The highest BCUT2D eigenvalue weighted by atomic mass is 16.1. The van der Waals surface area contributed by atoms with E-state index in [9.17, 15) is 9.59 Å². The third-order valence-corrected chi connectivity index (χ3v) is 4.75. The van der Waals surface area contributed by atoms with E-state index in [4.69, 9.17) is 0 Å². The first-order chi connectivity index (χ1) is 16.1. The summed E-state index contributed by atoms with van der Waals surface area (Å²) in [6.07, 6.45) is 0. The molecule has 0 radical (unpaired) electrons. The molecule has 4 rings (SSSR count). The number of ketones is 2. The molecule has 0 saturated heterocycles. The van der Waals surface area contributed by atoms with Crippen molar-refractivity contribution >= 4 is 17.3 Å². The number of hydrogen-bond donors (Lipinski definition) is 0. The molecule has 0 heterocycles. The number of benzene rings is 4. The van der Waals surface area contributed by atoms with Crippen LogP contribution in [0.3, 0.4) is 0 Å². The molecule has 0 aromatic heterocycles. The minimum Gasteiger partial charge on any atom is -0.378 e. The van der Waals surface area contributed by atoms with E-state index in [1.54, 1.807) is 0 Å². The van der Waals surface area contributed by atoms with E-state index in [1.165, 1.54) is 0 Å². The Bertz CT molecular complexity index is 1080. The molecular weight excluding hydrogens is 406 g/mol. The molecule has 0 atom stereocenters. The second-order valence-corrected chi connectivity index (χ2v) is 7.20. The van der Waals surface area contributed by atoms with Crippen LogP contribution in [0.4, 0.5) is 5.69 Å². The largest absolute Gasteiger partial charge is 0.378 e. The summed E-state index contributed by atoms with van der Waals surface area (Å²) in [5, 5.41) is 0. The summed E-state index contributed by atoms with van der Waals surface area (Å²) in [5.74, 6) is 0.141. The summed E-state index contributed by atoms with van der Waals surface area (Å²) in [6, 6.07) is 35.6. The van der Waals surface area contributed by atoms with Crippen LogP contribution in [0.1, 0.15) is 31.8 Å². The highest BCUT2D eigenvalue weighted by molar-refractivity contribution is 6.09. The Hall–Kier alpha value is -4.24. The lowest BCUT2D eigenvalue weighted by atomic mass is 10.0. The van der Waals surface area contributed by atoms with Crippen LogP contribution in [0.2, 0.25) is 0 Å². The van der Waals surface area contributed by atoms with Gasteiger partial charge in [-0.2, -0.15) is 0 Å². The van der Waals surface area contributed by atoms with E-state index >= 15 is 0 Å². The second kappa shape index (κ2) is 13.2. The van der Waals surface area contributed by atoms with Gasteiger partial charge in [-0.1, -0.05) is 91.0 Å². The monoisotopic (exact) mass is 435 g/mol. The molecular formula is C30H29NO2. The molecule has 33 heavy (non-hydrogen) atoms. The molecule has 0 fully saturated rings. The standard InChI is InChI=1S/C15H15NO.C13H10O.C2H4/c1-16(2)14-10-8-13(9-11-14)15(17)12-6-4-3-5-7-12;14-13(11-7-3-1-4-8-11)12-9-5-2-6-10-12;1-2/h3-11H,1-2H3;1-10H;1-2H2. The zero-order valence-corrected chi connectivity index (χ0v) is 19.1. The van der Waals surface area contributed by atoms with Gasteiger partial charge in [0.05, 0.1) is 0 Å². The lowest BCUT2D eigenvalue weighted by Gasteiger charge is -2.12. The normalized spacial score (nSPS) is 9.39. The minimum absolute atomic E-state index is 0.0657. The number of rotatable bonds is 5. The molecule has 4 aromatic rings. The first-order valence-corrected chi connectivity index (χ1v) is 10.6. The Balaban J connectivity index is 0.000000221. The molecule has 0 aliphatic carbocycles.